The second-order valence-corrected chi connectivity index (χ2v) is 7.64. The molecule has 6 nitrogen and oxygen atoms in total. The zero-order valence-corrected chi connectivity index (χ0v) is 17.7. The predicted octanol–water partition coefficient (Wildman–Crippen LogP) is 4.73. The summed E-state index contributed by atoms with van der Waals surface area (Å²) in [4.78, 5) is 30.0. The lowest BCUT2D eigenvalue weighted by atomic mass is 10.2. The SMILES string of the molecule is Cc1nc2ccc(NC(=O)NCc3ccccc3)cc2c(=O)n1Cc1ccc(Cl)cc1. The number of amides is 2. The highest BCUT2D eigenvalue weighted by Crippen LogP contribution is 2.17. The van der Waals surface area contributed by atoms with Gasteiger partial charge in [0.1, 0.15) is 5.82 Å². The molecule has 0 saturated carbocycles. The first-order valence-corrected chi connectivity index (χ1v) is 10.2. The molecule has 1 aromatic heterocycles. The van der Waals surface area contributed by atoms with Crippen LogP contribution in [0.4, 0.5) is 10.5 Å². The number of fused-ring (bicyclic) bond motifs is 1. The Morgan fingerprint density at radius 3 is 2.48 bits per heavy atom. The molecular formula is C24H21ClN4O2. The molecule has 0 saturated heterocycles. The van der Waals surface area contributed by atoms with Crippen molar-refractivity contribution in [3.8, 4) is 0 Å². The molecule has 7 heteroatoms. The van der Waals surface area contributed by atoms with Crippen molar-refractivity contribution in [1.82, 2.24) is 14.9 Å². The smallest absolute Gasteiger partial charge is 0.319 e. The van der Waals surface area contributed by atoms with E-state index in [4.69, 9.17) is 11.6 Å². The van der Waals surface area contributed by atoms with Gasteiger partial charge in [0, 0.05) is 17.3 Å². The molecule has 0 spiro atoms. The topological polar surface area (TPSA) is 76.0 Å². The number of aromatic nitrogens is 2. The van der Waals surface area contributed by atoms with E-state index in [0.717, 1.165) is 11.1 Å². The standard InChI is InChI=1S/C24H21ClN4O2/c1-16-27-22-12-11-20(28-24(31)26-14-17-5-3-2-4-6-17)13-21(22)23(30)29(16)15-18-7-9-19(25)10-8-18/h2-13H,14-15H2,1H3,(H2,26,28,31). The molecule has 4 aromatic rings. The summed E-state index contributed by atoms with van der Waals surface area (Å²) in [6, 6.07) is 21.8. The van der Waals surface area contributed by atoms with Gasteiger partial charge in [-0.05, 0) is 48.4 Å². The van der Waals surface area contributed by atoms with Crippen molar-refractivity contribution in [1.29, 1.82) is 0 Å². The first-order chi connectivity index (χ1) is 15.0. The van der Waals surface area contributed by atoms with Crippen LogP contribution >= 0.6 is 11.6 Å². The molecule has 156 valence electrons. The van der Waals surface area contributed by atoms with Gasteiger partial charge in [-0.15, -0.1) is 0 Å². The number of aryl methyl sites for hydroxylation is 1. The van der Waals surface area contributed by atoms with Crippen LogP contribution in [0.25, 0.3) is 10.9 Å². The summed E-state index contributed by atoms with van der Waals surface area (Å²) in [5.74, 6) is 0.619. The molecule has 0 bridgehead atoms. The van der Waals surface area contributed by atoms with E-state index in [1.807, 2.05) is 42.5 Å². The summed E-state index contributed by atoms with van der Waals surface area (Å²) in [5, 5.41) is 6.68. The fourth-order valence-electron chi connectivity index (χ4n) is 3.32. The highest BCUT2D eigenvalue weighted by molar-refractivity contribution is 6.30. The van der Waals surface area contributed by atoms with Crippen LogP contribution in [0.2, 0.25) is 5.02 Å². The van der Waals surface area contributed by atoms with E-state index in [2.05, 4.69) is 15.6 Å². The van der Waals surface area contributed by atoms with Crippen molar-refractivity contribution in [2.75, 3.05) is 5.32 Å². The van der Waals surface area contributed by atoms with E-state index in [0.29, 0.717) is 40.5 Å². The van der Waals surface area contributed by atoms with E-state index < -0.39 is 0 Å². The number of nitrogens with zero attached hydrogens (tertiary/aromatic N) is 2. The largest absolute Gasteiger partial charge is 0.334 e. The molecule has 1 heterocycles. The number of rotatable bonds is 5. The number of nitrogens with one attached hydrogen (secondary N) is 2. The number of benzene rings is 3. The van der Waals surface area contributed by atoms with E-state index in [9.17, 15) is 9.59 Å². The highest BCUT2D eigenvalue weighted by atomic mass is 35.5. The number of hydrogen-bond donors (Lipinski definition) is 2. The average molecular weight is 433 g/mol. The number of hydrogen-bond acceptors (Lipinski definition) is 3. The molecule has 0 atom stereocenters. The fraction of sp³-hybridized carbons (Fsp3) is 0.125. The molecule has 2 amide bonds. The summed E-state index contributed by atoms with van der Waals surface area (Å²) in [6.45, 7) is 2.61. The van der Waals surface area contributed by atoms with Gasteiger partial charge in [0.25, 0.3) is 5.56 Å². The van der Waals surface area contributed by atoms with E-state index in [1.165, 1.54) is 0 Å². The number of anilines is 1. The summed E-state index contributed by atoms with van der Waals surface area (Å²) in [6.07, 6.45) is 0. The highest BCUT2D eigenvalue weighted by Gasteiger charge is 2.11. The van der Waals surface area contributed by atoms with Crippen LogP contribution in [-0.4, -0.2) is 15.6 Å². The maximum Gasteiger partial charge on any atom is 0.319 e. The zero-order valence-electron chi connectivity index (χ0n) is 16.9. The van der Waals surface area contributed by atoms with Crippen molar-refractivity contribution in [2.45, 2.75) is 20.0 Å². The molecule has 0 aliphatic rings. The summed E-state index contributed by atoms with van der Waals surface area (Å²) >= 11 is 5.95. The Labute approximate surface area is 184 Å². The van der Waals surface area contributed by atoms with Crippen LogP contribution in [0.1, 0.15) is 17.0 Å². The van der Waals surface area contributed by atoms with Gasteiger partial charge in [-0.3, -0.25) is 9.36 Å². The third-order valence-electron chi connectivity index (χ3n) is 4.95. The Kier molecular flexibility index (Phi) is 6.00. The lowest BCUT2D eigenvalue weighted by Crippen LogP contribution is -2.28. The minimum Gasteiger partial charge on any atom is -0.334 e. The van der Waals surface area contributed by atoms with Gasteiger partial charge < -0.3 is 10.6 Å². The van der Waals surface area contributed by atoms with E-state index in [1.54, 1.807) is 41.8 Å². The summed E-state index contributed by atoms with van der Waals surface area (Å²) in [7, 11) is 0. The molecule has 0 aliphatic carbocycles. The molecule has 2 N–H and O–H groups in total. The van der Waals surface area contributed by atoms with Crippen LogP contribution in [0.5, 0.6) is 0 Å². The molecule has 3 aromatic carbocycles. The van der Waals surface area contributed by atoms with Crippen molar-refractivity contribution >= 4 is 34.2 Å². The first-order valence-electron chi connectivity index (χ1n) is 9.84. The lowest BCUT2D eigenvalue weighted by Gasteiger charge is -2.12. The number of halogens is 1. The number of carbonyl (C=O) groups excluding carboxylic acids is 1. The normalized spacial score (nSPS) is 10.8. The Bertz CT molecular complexity index is 1280. The van der Waals surface area contributed by atoms with E-state index >= 15 is 0 Å². The Morgan fingerprint density at radius 1 is 1.00 bits per heavy atom. The van der Waals surface area contributed by atoms with Crippen molar-refractivity contribution in [3.63, 3.8) is 0 Å². The van der Waals surface area contributed by atoms with Crippen molar-refractivity contribution in [3.05, 3.63) is 105 Å². The molecule has 31 heavy (non-hydrogen) atoms. The fourth-order valence-corrected chi connectivity index (χ4v) is 3.45. The second kappa shape index (κ2) is 9.02. The average Bonchev–Trinajstić information content (AvgIpc) is 2.78. The van der Waals surface area contributed by atoms with E-state index in [-0.39, 0.29) is 11.6 Å². The molecule has 0 fully saturated rings. The van der Waals surface area contributed by atoms with Crippen molar-refractivity contribution < 1.29 is 4.79 Å². The van der Waals surface area contributed by atoms with Gasteiger partial charge in [0.2, 0.25) is 0 Å². The Balaban J connectivity index is 1.55. The Hall–Kier alpha value is -3.64. The predicted molar refractivity (Wildman–Crippen MR) is 124 cm³/mol. The molecule has 4 rings (SSSR count). The van der Waals surface area contributed by atoms with Crippen LogP contribution in [0, 0.1) is 6.92 Å². The zero-order chi connectivity index (χ0) is 21.8. The quantitative estimate of drug-likeness (QED) is 0.478. The summed E-state index contributed by atoms with van der Waals surface area (Å²) < 4.78 is 1.62. The number of carbonyl (C=O) groups is 1. The van der Waals surface area contributed by atoms with Crippen LogP contribution < -0.4 is 16.2 Å². The molecule has 0 unspecified atom stereocenters. The van der Waals surface area contributed by atoms with Crippen LogP contribution in [0.3, 0.4) is 0 Å². The monoisotopic (exact) mass is 432 g/mol. The minimum atomic E-state index is -0.343. The third-order valence-corrected chi connectivity index (χ3v) is 5.20. The third kappa shape index (κ3) is 4.92. The first kappa shape index (κ1) is 20.6. The van der Waals surface area contributed by atoms with Crippen molar-refractivity contribution in [2.24, 2.45) is 0 Å². The van der Waals surface area contributed by atoms with Crippen LogP contribution in [-0.2, 0) is 13.1 Å². The Morgan fingerprint density at radius 2 is 1.74 bits per heavy atom. The molecular weight excluding hydrogens is 412 g/mol. The van der Waals surface area contributed by atoms with Gasteiger partial charge >= 0.3 is 6.03 Å². The van der Waals surface area contributed by atoms with Gasteiger partial charge in [-0.25, -0.2) is 9.78 Å². The lowest BCUT2D eigenvalue weighted by molar-refractivity contribution is 0.251. The summed E-state index contributed by atoms with van der Waals surface area (Å²) in [5.41, 5.74) is 2.90. The van der Waals surface area contributed by atoms with Gasteiger partial charge in [0.05, 0.1) is 17.4 Å². The maximum absolute atomic E-state index is 13.1. The van der Waals surface area contributed by atoms with Gasteiger partial charge in [-0.2, -0.15) is 0 Å². The molecule has 0 radical (unpaired) electrons. The number of urea groups is 1. The second-order valence-electron chi connectivity index (χ2n) is 7.20. The van der Waals surface area contributed by atoms with Gasteiger partial charge in [-0.1, -0.05) is 54.1 Å². The van der Waals surface area contributed by atoms with Crippen LogP contribution in [0.15, 0.2) is 77.6 Å². The minimum absolute atomic E-state index is 0.161. The maximum atomic E-state index is 13.1. The molecule has 0 aliphatic heterocycles. The van der Waals surface area contributed by atoms with Gasteiger partial charge in [0.15, 0.2) is 0 Å².